The van der Waals surface area contributed by atoms with E-state index in [1.165, 1.54) is 0 Å². The third-order valence-electron chi connectivity index (χ3n) is 2.32. The molecule has 92 valence electrons. The van der Waals surface area contributed by atoms with Crippen LogP contribution in [0.1, 0.15) is 24.7 Å². The van der Waals surface area contributed by atoms with Crippen molar-refractivity contribution in [3.05, 3.63) is 17.8 Å². The highest BCUT2D eigenvalue weighted by molar-refractivity contribution is 4.97. The number of ether oxygens (including phenoxy) is 2. The fourth-order valence-corrected chi connectivity index (χ4v) is 1.24. The molecule has 0 aliphatic rings. The Labute approximate surface area is 96.1 Å². The van der Waals surface area contributed by atoms with Crippen molar-refractivity contribution >= 4 is 0 Å². The maximum Gasteiger partial charge on any atom is 0.195 e. The summed E-state index contributed by atoms with van der Waals surface area (Å²) in [5.41, 5.74) is 0. The van der Waals surface area contributed by atoms with Crippen LogP contribution in [-0.4, -0.2) is 38.9 Å². The number of rotatable bonds is 8. The molecule has 0 aliphatic heterocycles. The van der Waals surface area contributed by atoms with Gasteiger partial charge in [0.2, 0.25) is 0 Å². The SMILES string of the molecule is COCCNCCc1ncc(C(C)OC)o1. The largest absolute Gasteiger partial charge is 0.443 e. The van der Waals surface area contributed by atoms with Gasteiger partial charge in [-0.1, -0.05) is 0 Å². The summed E-state index contributed by atoms with van der Waals surface area (Å²) in [7, 11) is 3.34. The maximum atomic E-state index is 5.54. The Hall–Kier alpha value is -0.910. The summed E-state index contributed by atoms with van der Waals surface area (Å²) in [5, 5.41) is 3.23. The van der Waals surface area contributed by atoms with E-state index in [-0.39, 0.29) is 6.10 Å². The van der Waals surface area contributed by atoms with Crippen molar-refractivity contribution < 1.29 is 13.9 Å². The molecule has 0 aliphatic carbocycles. The number of aromatic nitrogens is 1. The molecular formula is C11H20N2O3. The van der Waals surface area contributed by atoms with E-state index >= 15 is 0 Å². The Morgan fingerprint density at radius 1 is 1.44 bits per heavy atom. The van der Waals surface area contributed by atoms with Crippen LogP contribution in [0.3, 0.4) is 0 Å². The molecule has 5 nitrogen and oxygen atoms in total. The number of oxazole rings is 1. The highest BCUT2D eigenvalue weighted by Crippen LogP contribution is 2.16. The summed E-state index contributed by atoms with van der Waals surface area (Å²) in [6.07, 6.45) is 2.46. The summed E-state index contributed by atoms with van der Waals surface area (Å²) in [4.78, 5) is 4.19. The normalized spacial score (nSPS) is 12.9. The second-order valence-corrected chi connectivity index (χ2v) is 3.53. The molecule has 0 radical (unpaired) electrons. The van der Waals surface area contributed by atoms with Gasteiger partial charge in [-0.2, -0.15) is 0 Å². The lowest BCUT2D eigenvalue weighted by Crippen LogP contribution is -2.21. The molecule has 0 saturated carbocycles. The number of hydrogen-bond donors (Lipinski definition) is 1. The molecule has 1 N–H and O–H groups in total. The second kappa shape index (κ2) is 7.38. The fraction of sp³-hybridized carbons (Fsp3) is 0.727. The van der Waals surface area contributed by atoms with Crippen LogP contribution >= 0.6 is 0 Å². The lowest BCUT2D eigenvalue weighted by Gasteiger charge is -2.04. The highest BCUT2D eigenvalue weighted by Gasteiger charge is 2.10. The number of hydrogen-bond acceptors (Lipinski definition) is 5. The molecule has 0 spiro atoms. The smallest absolute Gasteiger partial charge is 0.195 e. The van der Waals surface area contributed by atoms with Crippen molar-refractivity contribution in [2.75, 3.05) is 33.9 Å². The van der Waals surface area contributed by atoms with Gasteiger partial charge in [-0.3, -0.25) is 0 Å². The predicted octanol–water partition coefficient (Wildman–Crippen LogP) is 1.16. The third-order valence-corrected chi connectivity index (χ3v) is 2.32. The summed E-state index contributed by atoms with van der Waals surface area (Å²) < 4.78 is 15.6. The standard InChI is InChI=1S/C11H20N2O3/c1-9(15-3)10-8-13-11(16-10)4-5-12-6-7-14-2/h8-9,12H,4-7H2,1-3H3. The van der Waals surface area contributed by atoms with Crippen LogP contribution in [0.4, 0.5) is 0 Å². The molecule has 0 amide bonds. The van der Waals surface area contributed by atoms with E-state index in [2.05, 4.69) is 10.3 Å². The minimum absolute atomic E-state index is 0.0392. The van der Waals surface area contributed by atoms with E-state index in [4.69, 9.17) is 13.9 Å². The van der Waals surface area contributed by atoms with Crippen molar-refractivity contribution in [1.82, 2.24) is 10.3 Å². The van der Waals surface area contributed by atoms with Crippen molar-refractivity contribution in [1.29, 1.82) is 0 Å². The van der Waals surface area contributed by atoms with Gasteiger partial charge >= 0.3 is 0 Å². The molecule has 0 fully saturated rings. The maximum absolute atomic E-state index is 5.54. The molecule has 1 aromatic rings. The monoisotopic (exact) mass is 228 g/mol. The molecule has 1 atom stereocenters. The number of nitrogens with one attached hydrogen (secondary N) is 1. The van der Waals surface area contributed by atoms with Gasteiger partial charge in [0.05, 0.1) is 12.8 Å². The zero-order chi connectivity index (χ0) is 11.8. The summed E-state index contributed by atoms with van der Waals surface area (Å²) in [6.45, 7) is 4.34. The van der Waals surface area contributed by atoms with E-state index in [1.54, 1.807) is 20.4 Å². The summed E-state index contributed by atoms with van der Waals surface area (Å²) in [5.74, 6) is 1.51. The van der Waals surface area contributed by atoms with Gasteiger partial charge in [0.1, 0.15) is 6.10 Å². The summed E-state index contributed by atoms with van der Waals surface area (Å²) >= 11 is 0. The number of methoxy groups -OCH3 is 2. The Balaban J connectivity index is 2.24. The highest BCUT2D eigenvalue weighted by atomic mass is 16.5. The van der Waals surface area contributed by atoms with Gasteiger partial charge in [0.25, 0.3) is 0 Å². The Kier molecular flexibility index (Phi) is 6.07. The van der Waals surface area contributed by atoms with Crippen molar-refractivity contribution in [3.8, 4) is 0 Å². The molecular weight excluding hydrogens is 208 g/mol. The van der Waals surface area contributed by atoms with E-state index in [0.717, 1.165) is 37.8 Å². The Morgan fingerprint density at radius 2 is 2.25 bits per heavy atom. The topological polar surface area (TPSA) is 56.5 Å². The zero-order valence-electron chi connectivity index (χ0n) is 10.2. The van der Waals surface area contributed by atoms with E-state index < -0.39 is 0 Å². The third kappa shape index (κ3) is 4.30. The van der Waals surface area contributed by atoms with E-state index in [1.807, 2.05) is 6.92 Å². The quantitative estimate of drug-likeness (QED) is 0.677. The zero-order valence-corrected chi connectivity index (χ0v) is 10.2. The second-order valence-electron chi connectivity index (χ2n) is 3.53. The average Bonchev–Trinajstić information content (AvgIpc) is 2.76. The number of nitrogens with zero attached hydrogens (tertiary/aromatic N) is 1. The Bertz CT molecular complexity index is 289. The Morgan fingerprint density at radius 3 is 2.94 bits per heavy atom. The van der Waals surface area contributed by atoms with Crippen LogP contribution in [0.2, 0.25) is 0 Å². The van der Waals surface area contributed by atoms with Crippen LogP contribution in [0, 0.1) is 0 Å². The van der Waals surface area contributed by atoms with Crippen LogP contribution in [0.5, 0.6) is 0 Å². The van der Waals surface area contributed by atoms with Gasteiger partial charge in [-0.15, -0.1) is 0 Å². The van der Waals surface area contributed by atoms with Crippen molar-refractivity contribution in [2.45, 2.75) is 19.4 Å². The molecule has 1 heterocycles. The minimum atomic E-state index is -0.0392. The molecule has 16 heavy (non-hydrogen) atoms. The first-order valence-corrected chi connectivity index (χ1v) is 5.45. The van der Waals surface area contributed by atoms with Gasteiger partial charge < -0.3 is 19.2 Å². The van der Waals surface area contributed by atoms with Crippen molar-refractivity contribution in [2.24, 2.45) is 0 Å². The van der Waals surface area contributed by atoms with Crippen molar-refractivity contribution in [3.63, 3.8) is 0 Å². The first-order valence-electron chi connectivity index (χ1n) is 5.45. The van der Waals surface area contributed by atoms with E-state index in [0.29, 0.717) is 0 Å². The predicted molar refractivity (Wildman–Crippen MR) is 60.4 cm³/mol. The average molecular weight is 228 g/mol. The summed E-state index contributed by atoms with van der Waals surface area (Å²) in [6, 6.07) is 0. The van der Waals surface area contributed by atoms with Gasteiger partial charge in [0.15, 0.2) is 11.7 Å². The molecule has 5 heteroatoms. The first-order chi connectivity index (χ1) is 7.77. The molecule has 0 aromatic carbocycles. The van der Waals surface area contributed by atoms with Gasteiger partial charge in [-0.05, 0) is 6.92 Å². The molecule has 1 aromatic heterocycles. The lowest BCUT2D eigenvalue weighted by molar-refractivity contribution is 0.0983. The fourth-order valence-electron chi connectivity index (χ4n) is 1.24. The minimum Gasteiger partial charge on any atom is -0.443 e. The van der Waals surface area contributed by atoms with Crippen LogP contribution < -0.4 is 5.32 Å². The van der Waals surface area contributed by atoms with Gasteiger partial charge in [-0.25, -0.2) is 4.98 Å². The van der Waals surface area contributed by atoms with Crippen LogP contribution in [0.15, 0.2) is 10.6 Å². The van der Waals surface area contributed by atoms with E-state index in [9.17, 15) is 0 Å². The molecule has 1 unspecified atom stereocenters. The lowest BCUT2D eigenvalue weighted by atomic mass is 10.3. The molecule has 1 rings (SSSR count). The van der Waals surface area contributed by atoms with Crippen LogP contribution in [-0.2, 0) is 15.9 Å². The molecule has 0 bridgehead atoms. The first kappa shape index (κ1) is 13.2. The van der Waals surface area contributed by atoms with Crippen LogP contribution in [0.25, 0.3) is 0 Å². The molecule has 0 saturated heterocycles. The van der Waals surface area contributed by atoms with Gasteiger partial charge in [0, 0.05) is 33.7 Å².